The highest BCUT2D eigenvalue weighted by molar-refractivity contribution is 8.00. The Bertz CT molecular complexity index is 389. The summed E-state index contributed by atoms with van der Waals surface area (Å²) in [5, 5.41) is 11.9. The number of nitriles is 1. The van der Waals surface area contributed by atoms with Crippen molar-refractivity contribution in [3.63, 3.8) is 0 Å². The summed E-state index contributed by atoms with van der Waals surface area (Å²) < 4.78 is 0.315. The van der Waals surface area contributed by atoms with Gasteiger partial charge in [-0.1, -0.05) is 0 Å². The molecule has 1 fully saturated rings. The fourth-order valence-electron chi connectivity index (χ4n) is 1.73. The molecule has 2 heterocycles. The molecule has 1 aliphatic heterocycles. The molecule has 0 amide bonds. The summed E-state index contributed by atoms with van der Waals surface area (Å²) >= 11 is 2.01. The topological polar surface area (TPSA) is 61.6 Å². The molecular formula is C11H14N4S. The summed E-state index contributed by atoms with van der Waals surface area (Å²) in [6.45, 7) is 3.17. The Labute approximate surface area is 99.5 Å². The summed E-state index contributed by atoms with van der Waals surface area (Å²) in [5.74, 6) is 1.99. The van der Waals surface area contributed by atoms with Gasteiger partial charge >= 0.3 is 0 Å². The highest BCUT2D eigenvalue weighted by atomic mass is 32.2. The quantitative estimate of drug-likeness (QED) is 0.867. The van der Waals surface area contributed by atoms with E-state index >= 15 is 0 Å². The Balaban J connectivity index is 1.92. The predicted octanol–water partition coefficient (Wildman–Crippen LogP) is 2.05. The molecule has 1 N–H and O–H groups in total. The number of nitrogens with one attached hydrogen (secondary N) is 1. The zero-order valence-electron chi connectivity index (χ0n) is 9.23. The van der Waals surface area contributed by atoms with Gasteiger partial charge in [-0.2, -0.15) is 17.0 Å². The van der Waals surface area contributed by atoms with E-state index in [0.717, 1.165) is 12.4 Å². The van der Waals surface area contributed by atoms with E-state index < -0.39 is 0 Å². The van der Waals surface area contributed by atoms with E-state index in [1.807, 2.05) is 17.8 Å². The molecule has 1 unspecified atom stereocenters. The van der Waals surface area contributed by atoms with Gasteiger partial charge in [0.25, 0.3) is 0 Å². The van der Waals surface area contributed by atoms with Crippen LogP contribution in [-0.4, -0.2) is 27.0 Å². The molecule has 84 valence electrons. The second-order valence-corrected chi connectivity index (χ2v) is 5.84. The molecule has 0 aliphatic carbocycles. The van der Waals surface area contributed by atoms with Crippen molar-refractivity contribution in [2.24, 2.45) is 0 Å². The van der Waals surface area contributed by atoms with Gasteiger partial charge in [0.2, 0.25) is 0 Å². The lowest BCUT2D eigenvalue weighted by atomic mass is 10.1. The molecule has 16 heavy (non-hydrogen) atoms. The molecule has 1 aliphatic rings. The first-order valence-corrected chi connectivity index (χ1v) is 6.30. The Hall–Kier alpha value is -1.28. The van der Waals surface area contributed by atoms with Crippen LogP contribution in [0.4, 0.5) is 5.82 Å². The first-order chi connectivity index (χ1) is 7.72. The molecule has 0 spiro atoms. The molecule has 0 radical (unpaired) electrons. The molecule has 1 aromatic rings. The van der Waals surface area contributed by atoms with Crippen molar-refractivity contribution in [1.82, 2.24) is 9.97 Å². The van der Waals surface area contributed by atoms with E-state index in [0.29, 0.717) is 10.4 Å². The molecule has 1 atom stereocenters. The van der Waals surface area contributed by atoms with Crippen LogP contribution in [0.15, 0.2) is 12.4 Å². The molecule has 1 saturated heterocycles. The first kappa shape index (κ1) is 11.2. The molecule has 2 rings (SSSR count). The monoisotopic (exact) mass is 234 g/mol. The zero-order valence-corrected chi connectivity index (χ0v) is 10.0. The smallest absolute Gasteiger partial charge is 0.158 e. The number of thioether (sulfide) groups is 1. The van der Waals surface area contributed by atoms with Gasteiger partial charge in [0.1, 0.15) is 11.9 Å². The maximum absolute atomic E-state index is 8.60. The van der Waals surface area contributed by atoms with Gasteiger partial charge in [-0.3, -0.25) is 0 Å². The molecule has 0 bridgehead atoms. The van der Waals surface area contributed by atoms with E-state index in [9.17, 15) is 0 Å². The minimum absolute atomic E-state index is 0.315. The number of anilines is 1. The van der Waals surface area contributed by atoms with Crippen LogP contribution in [0.2, 0.25) is 0 Å². The third-order valence-electron chi connectivity index (χ3n) is 2.71. The van der Waals surface area contributed by atoms with Gasteiger partial charge in [-0.15, -0.1) is 0 Å². The third-order valence-corrected chi connectivity index (χ3v) is 4.25. The number of aromatic nitrogens is 2. The number of hydrogen-bond donors (Lipinski definition) is 1. The molecule has 0 saturated carbocycles. The average molecular weight is 234 g/mol. The van der Waals surface area contributed by atoms with E-state index in [2.05, 4.69) is 22.2 Å². The predicted molar refractivity (Wildman–Crippen MR) is 65.3 cm³/mol. The van der Waals surface area contributed by atoms with Crippen molar-refractivity contribution >= 4 is 17.6 Å². The summed E-state index contributed by atoms with van der Waals surface area (Å²) in [5.41, 5.74) is 0.354. The zero-order chi connectivity index (χ0) is 11.4. The number of hydrogen-bond acceptors (Lipinski definition) is 5. The van der Waals surface area contributed by atoms with Crippen molar-refractivity contribution in [1.29, 1.82) is 5.26 Å². The Morgan fingerprint density at radius 3 is 3.00 bits per heavy atom. The van der Waals surface area contributed by atoms with E-state index in [1.54, 1.807) is 6.20 Å². The van der Waals surface area contributed by atoms with Crippen LogP contribution >= 0.6 is 11.8 Å². The number of nitrogens with zero attached hydrogens (tertiary/aromatic N) is 3. The highest BCUT2D eigenvalue weighted by Gasteiger charge is 2.29. The van der Waals surface area contributed by atoms with Gasteiger partial charge in [0.05, 0.1) is 12.4 Å². The van der Waals surface area contributed by atoms with Crippen molar-refractivity contribution < 1.29 is 0 Å². The van der Waals surface area contributed by atoms with Crippen LogP contribution in [-0.2, 0) is 0 Å². The minimum Gasteiger partial charge on any atom is -0.367 e. The third kappa shape index (κ3) is 2.64. The van der Waals surface area contributed by atoms with Crippen LogP contribution in [0.1, 0.15) is 25.5 Å². The summed E-state index contributed by atoms with van der Waals surface area (Å²) in [7, 11) is 0. The SMILES string of the molecule is CC1(CNc2cnc(C#N)cn2)CCCS1. The second-order valence-electron chi connectivity index (χ2n) is 4.15. The Morgan fingerprint density at radius 2 is 2.44 bits per heavy atom. The molecule has 0 aromatic carbocycles. The fraction of sp³-hybridized carbons (Fsp3) is 0.545. The maximum Gasteiger partial charge on any atom is 0.158 e. The molecular weight excluding hydrogens is 220 g/mol. The average Bonchev–Trinajstić information content (AvgIpc) is 2.75. The van der Waals surface area contributed by atoms with Crippen LogP contribution in [0.25, 0.3) is 0 Å². The van der Waals surface area contributed by atoms with Gasteiger partial charge in [-0.05, 0) is 25.5 Å². The Morgan fingerprint density at radius 1 is 1.56 bits per heavy atom. The summed E-state index contributed by atoms with van der Waals surface area (Å²) in [4.78, 5) is 8.11. The standard InChI is InChI=1S/C11H14N4S/c1-11(3-2-4-16-11)8-15-10-7-13-9(5-12)6-14-10/h6-7H,2-4,8H2,1H3,(H,14,15). The van der Waals surface area contributed by atoms with Gasteiger partial charge in [-0.25, -0.2) is 9.97 Å². The summed E-state index contributed by atoms with van der Waals surface area (Å²) in [6, 6.07) is 1.95. The Kier molecular flexibility index (Phi) is 3.30. The number of rotatable bonds is 3. The molecule has 4 nitrogen and oxygen atoms in total. The van der Waals surface area contributed by atoms with E-state index in [4.69, 9.17) is 5.26 Å². The maximum atomic E-state index is 8.60. The van der Waals surface area contributed by atoms with Crippen LogP contribution in [0, 0.1) is 11.3 Å². The van der Waals surface area contributed by atoms with Crippen molar-refractivity contribution in [2.75, 3.05) is 17.6 Å². The minimum atomic E-state index is 0.315. The van der Waals surface area contributed by atoms with Crippen LogP contribution in [0.3, 0.4) is 0 Å². The lowest BCUT2D eigenvalue weighted by Crippen LogP contribution is -2.27. The molecule has 5 heteroatoms. The van der Waals surface area contributed by atoms with Crippen molar-refractivity contribution in [3.05, 3.63) is 18.1 Å². The van der Waals surface area contributed by atoms with Gasteiger partial charge in [0, 0.05) is 11.3 Å². The first-order valence-electron chi connectivity index (χ1n) is 5.32. The van der Waals surface area contributed by atoms with Gasteiger partial charge in [0.15, 0.2) is 5.69 Å². The van der Waals surface area contributed by atoms with Crippen molar-refractivity contribution in [3.8, 4) is 6.07 Å². The lowest BCUT2D eigenvalue weighted by molar-refractivity contribution is 0.633. The van der Waals surface area contributed by atoms with E-state index in [-0.39, 0.29) is 0 Å². The normalized spacial score (nSPS) is 24.0. The van der Waals surface area contributed by atoms with Crippen LogP contribution < -0.4 is 5.32 Å². The lowest BCUT2D eigenvalue weighted by Gasteiger charge is -2.22. The second kappa shape index (κ2) is 4.71. The summed E-state index contributed by atoms with van der Waals surface area (Å²) in [6.07, 6.45) is 5.64. The van der Waals surface area contributed by atoms with Crippen LogP contribution in [0.5, 0.6) is 0 Å². The molecule has 1 aromatic heterocycles. The highest BCUT2D eigenvalue weighted by Crippen LogP contribution is 2.37. The fourth-order valence-corrected chi connectivity index (χ4v) is 2.98. The largest absolute Gasteiger partial charge is 0.367 e. The van der Waals surface area contributed by atoms with E-state index in [1.165, 1.54) is 24.8 Å². The van der Waals surface area contributed by atoms with Crippen molar-refractivity contribution in [2.45, 2.75) is 24.5 Å². The van der Waals surface area contributed by atoms with Gasteiger partial charge < -0.3 is 5.32 Å².